The minimum atomic E-state index is -0.396. The number of benzene rings is 1. The van der Waals surface area contributed by atoms with Crippen molar-refractivity contribution in [3.63, 3.8) is 0 Å². The molecule has 2 aromatic rings. The predicted octanol–water partition coefficient (Wildman–Crippen LogP) is 2.43. The first-order valence-corrected chi connectivity index (χ1v) is 7.35. The van der Waals surface area contributed by atoms with E-state index < -0.39 is 5.91 Å². The number of rotatable bonds is 3. The van der Waals surface area contributed by atoms with Gasteiger partial charge in [0.1, 0.15) is 5.69 Å². The van der Waals surface area contributed by atoms with Crippen LogP contribution in [0.25, 0.3) is 0 Å². The summed E-state index contributed by atoms with van der Waals surface area (Å²) < 4.78 is 11.9. The first-order chi connectivity index (χ1) is 10.1. The summed E-state index contributed by atoms with van der Waals surface area (Å²) in [7, 11) is 0. The molecule has 3 rings (SSSR count). The summed E-state index contributed by atoms with van der Waals surface area (Å²) in [4.78, 5) is 11.8. The van der Waals surface area contributed by atoms with Gasteiger partial charge in [0.25, 0.3) is 5.91 Å². The second-order valence-electron chi connectivity index (χ2n) is 4.02. The van der Waals surface area contributed by atoms with Gasteiger partial charge in [0, 0.05) is 10.0 Å². The molecule has 1 aromatic heterocycles. The van der Waals surface area contributed by atoms with Gasteiger partial charge in [-0.2, -0.15) is 10.2 Å². The molecule has 0 radical (unpaired) electrons. The lowest BCUT2D eigenvalue weighted by molar-refractivity contribution is 0.0949. The van der Waals surface area contributed by atoms with Crippen LogP contribution in [0.3, 0.4) is 0 Å². The van der Waals surface area contributed by atoms with Crippen molar-refractivity contribution in [1.29, 1.82) is 0 Å². The standard InChI is InChI=1S/C12H8Br2N4O3/c13-7-2-10-9(20-5-21-10)1-6(7)3-15-18-12(19)11-8(14)4-16-17-11/h1-4H,5H2,(H,16,17)(H,18,19). The molecule has 2 heterocycles. The number of aromatic amines is 1. The number of aromatic nitrogens is 2. The minimum Gasteiger partial charge on any atom is -0.454 e. The highest BCUT2D eigenvalue weighted by molar-refractivity contribution is 9.10. The molecule has 9 heteroatoms. The predicted molar refractivity (Wildman–Crippen MR) is 81.6 cm³/mol. The summed E-state index contributed by atoms with van der Waals surface area (Å²) in [5.74, 6) is 0.916. The molecule has 0 fully saturated rings. The highest BCUT2D eigenvalue weighted by Gasteiger charge is 2.15. The Bertz CT molecular complexity index is 729. The smallest absolute Gasteiger partial charge is 0.290 e. The molecule has 21 heavy (non-hydrogen) atoms. The van der Waals surface area contributed by atoms with Crippen molar-refractivity contribution in [3.8, 4) is 11.5 Å². The highest BCUT2D eigenvalue weighted by atomic mass is 79.9. The van der Waals surface area contributed by atoms with Crippen molar-refractivity contribution in [1.82, 2.24) is 15.6 Å². The van der Waals surface area contributed by atoms with Crippen molar-refractivity contribution in [2.75, 3.05) is 6.79 Å². The molecule has 0 unspecified atom stereocenters. The first kappa shape index (κ1) is 14.1. The number of hydrazone groups is 1. The van der Waals surface area contributed by atoms with E-state index in [1.807, 2.05) is 0 Å². The van der Waals surface area contributed by atoms with Gasteiger partial charge < -0.3 is 9.47 Å². The van der Waals surface area contributed by atoms with Gasteiger partial charge in [0.05, 0.1) is 16.9 Å². The van der Waals surface area contributed by atoms with Gasteiger partial charge in [-0.25, -0.2) is 5.43 Å². The maximum absolute atomic E-state index is 11.8. The van der Waals surface area contributed by atoms with E-state index in [9.17, 15) is 4.79 Å². The number of halogens is 2. The highest BCUT2D eigenvalue weighted by Crippen LogP contribution is 2.36. The third-order valence-corrected chi connectivity index (χ3v) is 3.97. The summed E-state index contributed by atoms with van der Waals surface area (Å²) in [6.45, 7) is 0.201. The molecular formula is C12H8Br2N4O3. The van der Waals surface area contributed by atoms with E-state index >= 15 is 0 Å². The zero-order valence-electron chi connectivity index (χ0n) is 10.4. The number of amides is 1. The molecule has 0 bridgehead atoms. The molecule has 7 nitrogen and oxygen atoms in total. The summed E-state index contributed by atoms with van der Waals surface area (Å²) >= 11 is 6.61. The van der Waals surface area contributed by atoms with E-state index in [0.29, 0.717) is 21.7 Å². The Balaban J connectivity index is 1.72. The number of fused-ring (bicyclic) bond motifs is 1. The van der Waals surface area contributed by atoms with E-state index in [4.69, 9.17) is 9.47 Å². The lowest BCUT2D eigenvalue weighted by Crippen LogP contribution is -2.18. The van der Waals surface area contributed by atoms with Crippen LogP contribution in [0, 0.1) is 0 Å². The van der Waals surface area contributed by atoms with Crippen molar-refractivity contribution in [3.05, 3.63) is 38.5 Å². The Hall–Kier alpha value is -1.87. The van der Waals surface area contributed by atoms with Crippen LogP contribution >= 0.6 is 31.9 Å². The number of carbonyl (C=O) groups excluding carboxylic acids is 1. The first-order valence-electron chi connectivity index (χ1n) is 5.76. The molecular weight excluding hydrogens is 408 g/mol. The fourth-order valence-corrected chi connectivity index (χ4v) is 2.47. The SMILES string of the molecule is O=C(NN=Cc1cc2c(cc1Br)OCO2)c1[nH]ncc1Br. The van der Waals surface area contributed by atoms with Gasteiger partial charge in [0.2, 0.25) is 6.79 Å². The van der Waals surface area contributed by atoms with Crippen LogP contribution in [0.15, 0.2) is 32.4 Å². The van der Waals surface area contributed by atoms with Crippen molar-refractivity contribution in [2.45, 2.75) is 0 Å². The van der Waals surface area contributed by atoms with Crippen LogP contribution in [0.5, 0.6) is 11.5 Å². The van der Waals surface area contributed by atoms with Crippen LogP contribution in [0.2, 0.25) is 0 Å². The van der Waals surface area contributed by atoms with E-state index in [1.165, 1.54) is 12.4 Å². The topological polar surface area (TPSA) is 88.6 Å². The number of H-pyrrole nitrogens is 1. The Morgan fingerprint density at radius 1 is 1.33 bits per heavy atom. The van der Waals surface area contributed by atoms with Crippen LogP contribution in [-0.4, -0.2) is 29.1 Å². The number of nitrogens with one attached hydrogen (secondary N) is 2. The second-order valence-corrected chi connectivity index (χ2v) is 5.73. The number of hydrogen-bond acceptors (Lipinski definition) is 5. The molecule has 1 aromatic carbocycles. The summed E-state index contributed by atoms with van der Waals surface area (Å²) in [5, 5.41) is 10.2. The zero-order valence-corrected chi connectivity index (χ0v) is 13.6. The third kappa shape index (κ3) is 2.93. The quantitative estimate of drug-likeness (QED) is 0.595. The van der Waals surface area contributed by atoms with Crippen molar-refractivity contribution in [2.24, 2.45) is 5.10 Å². The minimum absolute atomic E-state index is 0.201. The fourth-order valence-electron chi connectivity index (χ4n) is 1.68. The van der Waals surface area contributed by atoms with Crippen molar-refractivity contribution < 1.29 is 14.3 Å². The fraction of sp³-hybridized carbons (Fsp3) is 0.0833. The summed E-state index contributed by atoms with van der Waals surface area (Å²) in [6, 6.07) is 3.56. The van der Waals surface area contributed by atoms with Gasteiger partial charge in [0.15, 0.2) is 11.5 Å². The van der Waals surface area contributed by atoms with Gasteiger partial charge in [-0.3, -0.25) is 9.89 Å². The normalized spacial score (nSPS) is 12.9. The van der Waals surface area contributed by atoms with Crippen LogP contribution < -0.4 is 14.9 Å². The number of nitrogens with zero attached hydrogens (tertiary/aromatic N) is 2. The largest absolute Gasteiger partial charge is 0.454 e. The van der Waals surface area contributed by atoms with E-state index in [2.05, 4.69) is 52.6 Å². The lowest BCUT2D eigenvalue weighted by Gasteiger charge is -2.01. The second kappa shape index (κ2) is 5.86. The van der Waals surface area contributed by atoms with E-state index in [-0.39, 0.29) is 6.79 Å². The molecule has 0 spiro atoms. The Morgan fingerprint density at radius 2 is 2.10 bits per heavy atom. The van der Waals surface area contributed by atoms with Gasteiger partial charge >= 0.3 is 0 Å². The number of carbonyl (C=O) groups is 1. The number of ether oxygens (including phenoxy) is 2. The van der Waals surface area contributed by atoms with Crippen LogP contribution in [-0.2, 0) is 0 Å². The molecule has 108 valence electrons. The van der Waals surface area contributed by atoms with Gasteiger partial charge in [-0.15, -0.1) is 0 Å². The number of hydrogen-bond donors (Lipinski definition) is 2. The monoisotopic (exact) mass is 414 g/mol. The maximum atomic E-state index is 11.8. The van der Waals surface area contributed by atoms with E-state index in [1.54, 1.807) is 12.1 Å². The molecule has 1 aliphatic rings. The van der Waals surface area contributed by atoms with Crippen LogP contribution in [0.1, 0.15) is 16.1 Å². The Kier molecular flexibility index (Phi) is 3.93. The molecule has 1 aliphatic heterocycles. The molecule has 0 aliphatic carbocycles. The third-order valence-electron chi connectivity index (χ3n) is 2.68. The molecule has 0 saturated heterocycles. The van der Waals surface area contributed by atoms with Gasteiger partial charge in [-0.05, 0) is 44.0 Å². The Morgan fingerprint density at radius 3 is 2.81 bits per heavy atom. The molecule has 0 atom stereocenters. The average molecular weight is 416 g/mol. The molecule has 0 saturated carbocycles. The van der Waals surface area contributed by atoms with E-state index in [0.717, 1.165) is 10.0 Å². The average Bonchev–Trinajstić information content (AvgIpc) is 3.07. The van der Waals surface area contributed by atoms with Gasteiger partial charge in [-0.1, -0.05) is 0 Å². The van der Waals surface area contributed by atoms with Crippen LogP contribution in [0.4, 0.5) is 0 Å². The summed E-state index contributed by atoms with van der Waals surface area (Å²) in [6.07, 6.45) is 3.00. The maximum Gasteiger partial charge on any atom is 0.290 e. The Labute approximate surface area is 136 Å². The van der Waals surface area contributed by atoms with Crippen molar-refractivity contribution >= 4 is 44.0 Å². The molecule has 2 N–H and O–H groups in total. The molecule has 1 amide bonds. The lowest BCUT2D eigenvalue weighted by atomic mass is 10.2. The summed E-state index contributed by atoms with van der Waals surface area (Å²) in [5.41, 5.74) is 3.46. The zero-order chi connectivity index (χ0) is 14.8.